The van der Waals surface area contributed by atoms with E-state index in [9.17, 15) is 15.2 Å². The van der Waals surface area contributed by atoms with Crippen LogP contribution in [0.3, 0.4) is 0 Å². The molecule has 2 heterocycles. The molecule has 88 valence electrons. The van der Waals surface area contributed by atoms with E-state index in [1.807, 2.05) is 7.05 Å². The molecular weight excluding hydrogens is 228 g/mol. The highest BCUT2D eigenvalue weighted by Gasteiger charge is 2.35. The predicted octanol–water partition coefficient (Wildman–Crippen LogP) is 1.57. The number of likely N-dealkylation sites (tertiary alicyclic amines) is 1. The van der Waals surface area contributed by atoms with Crippen LogP contribution in [0.1, 0.15) is 17.7 Å². The van der Waals surface area contributed by atoms with Crippen molar-refractivity contribution in [1.29, 1.82) is 0 Å². The van der Waals surface area contributed by atoms with Crippen molar-refractivity contribution in [2.75, 3.05) is 20.1 Å². The lowest BCUT2D eigenvalue weighted by Crippen LogP contribution is -2.40. The maximum atomic E-state index is 10.6. The van der Waals surface area contributed by atoms with Crippen LogP contribution in [0.4, 0.5) is 5.00 Å². The summed E-state index contributed by atoms with van der Waals surface area (Å²) >= 11 is 1.08. The van der Waals surface area contributed by atoms with Crippen molar-refractivity contribution in [3.8, 4) is 0 Å². The zero-order chi connectivity index (χ0) is 11.8. The molecule has 16 heavy (non-hydrogen) atoms. The number of piperidine rings is 1. The lowest BCUT2D eigenvalue weighted by Gasteiger charge is -2.35. The summed E-state index contributed by atoms with van der Waals surface area (Å²) in [6, 6.07) is 3.14. The van der Waals surface area contributed by atoms with Crippen molar-refractivity contribution < 1.29 is 10.0 Å². The highest BCUT2D eigenvalue weighted by Crippen LogP contribution is 2.38. The fourth-order valence-corrected chi connectivity index (χ4v) is 2.88. The second-order valence-electron chi connectivity index (χ2n) is 4.23. The van der Waals surface area contributed by atoms with Gasteiger partial charge >= 0.3 is 5.00 Å². The summed E-state index contributed by atoms with van der Waals surface area (Å²) in [6.45, 7) is 1.64. The van der Waals surface area contributed by atoms with Gasteiger partial charge in [0.25, 0.3) is 0 Å². The fraction of sp³-hybridized carbons (Fsp3) is 0.600. The van der Waals surface area contributed by atoms with Crippen LogP contribution in [0.15, 0.2) is 12.1 Å². The molecule has 5 nitrogen and oxygen atoms in total. The Morgan fingerprint density at radius 2 is 2.12 bits per heavy atom. The molecule has 0 bridgehead atoms. The van der Waals surface area contributed by atoms with E-state index in [1.54, 1.807) is 6.07 Å². The molecule has 0 aromatic carbocycles. The van der Waals surface area contributed by atoms with Gasteiger partial charge in [-0.2, -0.15) is 0 Å². The topological polar surface area (TPSA) is 66.6 Å². The zero-order valence-corrected chi connectivity index (χ0v) is 9.87. The van der Waals surface area contributed by atoms with Crippen LogP contribution in [0.5, 0.6) is 0 Å². The first-order chi connectivity index (χ1) is 7.51. The lowest BCUT2D eigenvalue weighted by molar-refractivity contribution is -0.380. The Morgan fingerprint density at radius 3 is 2.62 bits per heavy atom. The molecule has 0 atom stereocenters. The molecule has 1 aliphatic heterocycles. The second kappa shape index (κ2) is 4.12. The van der Waals surface area contributed by atoms with Crippen LogP contribution in [-0.2, 0) is 5.60 Å². The van der Waals surface area contributed by atoms with Gasteiger partial charge in [-0.05, 0) is 26.0 Å². The normalized spacial score (nSPS) is 20.9. The molecule has 1 aliphatic rings. The van der Waals surface area contributed by atoms with E-state index in [0.29, 0.717) is 17.7 Å². The molecule has 1 fully saturated rings. The highest BCUT2D eigenvalue weighted by atomic mass is 32.1. The Kier molecular flexibility index (Phi) is 2.96. The van der Waals surface area contributed by atoms with Gasteiger partial charge in [-0.1, -0.05) is 11.3 Å². The van der Waals surface area contributed by atoms with Crippen LogP contribution in [0.25, 0.3) is 0 Å². The summed E-state index contributed by atoms with van der Waals surface area (Å²) < 4.78 is 0. The summed E-state index contributed by atoms with van der Waals surface area (Å²) in [5.41, 5.74) is -0.870. The molecule has 0 spiro atoms. The van der Waals surface area contributed by atoms with Gasteiger partial charge in [0.1, 0.15) is 5.60 Å². The standard InChI is InChI=1S/C10H14N2O3S/c1-11-6-4-10(13,5-7-11)8-2-3-9(16-8)12(14)15/h2-3,13H,4-7H2,1H3. The minimum Gasteiger partial charge on any atom is -0.384 e. The van der Waals surface area contributed by atoms with Crippen molar-refractivity contribution in [3.05, 3.63) is 27.1 Å². The minimum absolute atomic E-state index is 0.0994. The first-order valence-corrected chi connectivity index (χ1v) is 5.98. The lowest BCUT2D eigenvalue weighted by atomic mass is 9.90. The van der Waals surface area contributed by atoms with Gasteiger partial charge in [-0.25, -0.2) is 0 Å². The van der Waals surface area contributed by atoms with Crippen molar-refractivity contribution in [2.24, 2.45) is 0 Å². The number of thiophene rings is 1. The monoisotopic (exact) mass is 242 g/mol. The fourth-order valence-electron chi connectivity index (χ4n) is 1.91. The number of aliphatic hydroxyl groups is 1. The van der Waals surface area contributed by atoms with Crippen LogP contribution < -0.4 is 0 Å². The van der Waals surface area contributed by atoms with E-state index >= 15 is 0 Å². The van der Waals surface area contributed by atoms with Crippen LogP contribution in [0, 0.1) is 10.1 Å². The molecule has 0 saturated carbocycles. The molecule has 0 aliphatic carbocycles. The van der Waals surface area contributed by atoms with E-state index in [1.165, 1.54) is 6.07 Å². The summed E-state index contributed by atoms with van der Waals surface area (Å²) in [4.78, 5) is 13.0. The molecular formula is C10H14N2O3S. The van der Waals surface area contributed by atoms with Gasteiger partial charge < -0.3 is 10.0 Å². The van der Waals surface area contributed by atoms with Crippen molar-refractivity contribution in [3.63, 3.8) is 0 Å². The summed E-state index contributed by atoms with van der Waals surface area (Å²) in [7, 11) is 2.01. The van der Waals surface area contributed by atoms with E-state index < -0.39 is 10.5 Å². The molecule has 1 aromatic rings. The molecule has 0 radical (unpaired) electrons. The Hall–Kier alpha value is -0.980. The average Bonchev–Trinajstić information content (AvgIpc) is 2.72. The maximum absolute atomic E-state index is 10.6. The first kappa shape index (κ1) is 11.5. The van der Waals surface area contributed by atoms with Gasteiger partial charge in [0, 0.05) is 24.0 Å². The predicted molar refractivity (Wildman–Crippen MR) is 61.6 cm³/mol. The smallest absolute Gasteiger partial charge is 0.324 e. The Labute approximate surface area is 97.5 Å². The number of hydrogen-bond acceptors (Lipinski definition) is 5. The van der Waals surface area contributed by atoms with Gasteiger partial charge in [-0.3, -0.25) is 10.1 Å². The van der Waals surface area contributed by atoms with Gasteiger partial charge in [0.05, 0.1) is 4.92 Å². The summed E-state index contributed by atoms with van der Waals surface area (Å²) in [6.07, 6.45) is 1.28. The molecule has 2 rings (SSSR count). The van der Waals surface area contributed by atoms with Crippen LogP contribution >= 0.6 is 11.3 Å². The quantitative estimate of drug-likeness (QED) is 0.631. The third-order valence-corrected chi connectivity index (χ3v) is 4.27. The summed E-state index contributed by atoms with van der Waals surface area (Å²) in [5.74, 6) is 0. The SMILES string of the molecule is CN1CCC(O)(c2ccc([N+](=O)[O-])s2)CC1. The van der Waals surface area contributed by atoms with Crippen molar-refractivity contribution in [1.82, 2.24) is 4.90 Å². The Bertz CT molecular complexity index is 397. The van der Waals surface area contributed by atoms with Crippen molar-refractivity contribution >= 4 is 16.3 Å². The van der Waals surface area contributed by atoms with E-state index in [4.69, 9.17) is 0 Å². The Balaban J connectivity index is 2.19. The molecule has 0 unspecified atom stereocenters. The third-order valence-electron chi connectivity index (χ3n) is 3.04. The number of nitro groups is 1. The van der Waals surface area contributed by atoms with Gasteiger partial charge in [-0.15, -0.1) is 0 Å². The van der Waals surface area contributed by atoms with Gasteiger partial charge in [0.2, 0.25) is 0 Å². The van der Waals surface area contributed by atoms with E-state index in [-0.39, 0.29) is 5.00 Å². The van der Waals surface area contributed by atoms with E-state index in [0.717, 1.165) is 24.4 Å². The first-order valence-electron chi connectivity index (χ1n) is 5.17. The average molecular weight is 242 g/mol. The molecule has 1 aromatic heterocycles. The maximum Gasteiger partial charge on any atom is 0.324 e. The zero-order valence-electron chi connectivity index (χ0n) is 9.05. The highest BCUT2D eigenvalue weighted by molar-refractivity contribution is 7.15. The molecule has 0 amide bonds. The van der Waals surface area contributed by atoms with Crippen molar-refractivity contribution in [2.45, 2.75) is 18.4 Å². The van der Waals surface area contributed by atoms with Crippen LogP contribution in [-0.4, -0.2) is 35.1 Å². The second-order valence-corrected chi connectivity index (χ2v) is 5.29. The number of rotatable bonds is 2. The molecule has 1 saturated heterocycles. The minimum atomic E-state index is -0.870. The number of nitrogens with zero attached hydrogens (tertiary/aromatic N) is 2. The summed E-state index contributed by atoms with van der Waals surface area (Å²) in [5, 5.41) is 21.1. The van der Waals surface area contributed by atoms with Gasteiger partial charge in [0.15, 0.2) is 0 Å². The van der Waals surface area contributed by atoms with E-state index in [2.05, 4.69) is 4.90 Å². The third kappa shape index (κ3) is 2.09. The molecule has 6 heteroatoms. The number of hydrogen-bond donors (Lipinski definition) is 1. The van der Waals surface area contributed by atoms with Crippen LogP contribution in [0.2, 0.25) is 0 Å². The largest absolute Gasteiger partial charge is 0.384 e. The Morgan fingerprint density at radius 1 is 1.50 bits per heavy atom. The molecule has 1 N–H and O–H groups in total.